The van der Waals surface area contributed by atoms with Crippen molar-refractivity contribution >= 4 is 11.9 Å². The molecule has 0 atom stereocenters. The summed E-state index contributed by atoms with van der Waals surface area (Å²) in [6.07, 6.45) is 6.28. The van der Waals surface area contributed by atoms with Gasteiger partial charge in [0.25, 0.3) is 0 Å². The number of carbonyl (C=O) groups is 2. The van der Waals surface area contributed by atoms with Crippen molar-refractivity contribution in [2.75, 3.05) is 46.4 Å². The number of hydrogen-bond acceptors (Lipinski definition) is 4. The predicted octanol–water partition coefficient (Wildman–Crippen LogP) is 2.37. The van der Waals surface area contributed by atoms with Gasteiger partial charge in [0.2, 0.25) is 5.91 Å². The number of ether oxygens (including phenoxy) is 1. The molecule has 30 heavy (non-hydrogen) atoms. The molecule has 2 aliphatic rings. The molecule has 7 nitrogen and oxygen atoms in total. The SMILES string of the molecule is CN(Cc1ccccc1)C(=O)NCCC(=O)NCC1(N2CCOCC2)CCCCC1. The normalized spacial score (nSPS) is 19.1. The van der Waals surface area contributed by atoms with E-state index < -0.39 is 0 Å². The number of hydrogen-bond donors (Lipinski definition) is 2. The lowest BCUT2D eigenvalue weighted by atomic mass is 9.79. The highest BCUT2D eigenvalue weighted by Gasteiger charge is 2.38. The Kier molecular flexibility index (Phi) is 8.51. The molecule has 3 rings (SSSR count). The number of nitrogens with zero attached hydrogens (tertiary/aromatic N) is 2. The maximum atomic E-state index is 12.4. The summed E-state index contributed by atoms with van der Waals surface area (Å²) < 4.78 is 5.52. The first-order valence-corrected chi connectivity index (χ1v) is 11.2. The Bertz CT molecular complexity index is 670. The summed E-state index contributed by atoms with van der Waals surface area (Å²) in [6.45, 7) is 5.01. The second-order valence-corrected chi connectivity index (χ2v) is 8.48. The summed E-state index contributed by atoms with van der Waals surface area (Å²) in [5, 5.41) is 5.99. The molecule has 7 heteroatoms. The Morgan fingerprint density at radius 3 is 2.47 bits per heavy atom. The van der Waals surface area contributed by atoms with Crippen molar-refractivity contribution in [1.29, 1.82) is 0 Å². The molecule has 2 N–H and O–H groups in total. The van der Waals surface area contributed by atoms with E-state index in [0.29, 0.717) is 26.1 Å². The number of urea groups is 1. The quantitative estimate of drug-likeness (QED) is 0.682. The van der Waals surface area contributed by atoms with Crippen LogP contribution < -0.4 is 10.6 Å². The van der Waals surface area contributed by atoms with Crippen LogP contribution in [0.5, 0.6) is 0 Å². The maximum Gasteiger partial charge on any atom is 0.317 e. The monoisotopic (exact) mass is 416 g/mol. The third-order valence-corrected chi connectivity index (χ3v) is 6.32. The summed E-state index contributed by atoms with van der Waals surface area (Å²) in [5.74, 6) is -0.000722. The van der Waals surface area contributed by atoms with Gasteiger partial charge in [-0.2, -0.15) is 0 Å². The molecule has 1 saturated carbocycles. The van der Waals surface area contributed by atoms with E-state index in [1.54, 1.807) is 11.9 Å². The molecule has 1 saturated heterocycles. The van der Waals surface area contributed by atoms with Gasteiger partial charge < -0.3 is 20.3 Å². The Hall–Kier alpha value is -2.12. The lowest BCUT2D eigenvalue weighted by Gasteiger charge is -2.48. The highest BCUT2D eigenvalue weighted by Crippen LogP contribution is 2.33. The number of rotatable bonds is 8. The number of morpholine rings is 1. The minimum atomic E-state index is -0.163. The third kappa shape index (κ3) is 6.44. The number of benzene rings is 1. The fraction of sp³-hybridized carbons (Fsp3) is 0.652. The van der Waals surface area contributed by atoms with Gasteiger partial charge in [-0.25, -0.2) is 4.79 Å². The van der Waals surface area contributed by atoms with Crippen molar-refractivity contribution in [1.82, 2.24) is 20.4 Å². The first-order chi connectivity index (χ1) is 14.6. The Morgan fingerprint density at radius 2 is 1.77 bits per heavy atom. The van der Waals surface area contributed by atoms with Gasteiger partial charge in [0.1, 0.15) is 0 Å². The first-order valence-electron chi connectivity index (χ1n) is 11.2. The molecular formula is C23H36N4O3. The average molecular weight is 417 g/mol. The van der Waals surface area contributed by atoms with E-state index >= 15 is 0 Å². The van der Waals surface area contributed by atoms with Gasteiger partial charge in [-0.05, 0) is 18.4 Å². The molecule has 166 valence electrons. The van der Waals surface area contributed by atoms with Crippen molar-refractivity contribution in [2.45, 2.75) is 50.6 Å². The summed E-state index contributed by atoms with van der Waals surface area (Å²) >= 11 is 0. The summed E-state index contributed by atoms with van der Waals surface area (Å²) in [6, 6.07) is 9.70. The first kappa shape index (κ1) is 22.6. The van der Waals surface area contributed by atoms with Crippen molar-refractivity contribution in [2.24, 2.45) is 0 Å². The van der Waals surface area contributed by atoms with Crippen LogP contribution in [0.1, 0.15) is 44.1 Å². The molecule has 0 radical (unpaired) electrons. The minimum Gasteiger partial charge on any atom is -0.379 e. The van der Waals surface area contributed by atoms with Gasteiger partial charge in [0, 0.05) is 51.7 Å². The van der Waals surface area contributed by atoms with E-state index in [0.717, 1.165) is 44.7 Å². The van der Waals surface area contributed by atoms with Crippen molar-refractivity contribution in [3.63, 3.8) is 0 Å². The fourth-order valence-corrected chi connectivity index (χ4v) is 4.55. The zero-order chi connectivity index (χ0) is 21.2. The zero-order valence-corrected chi connectivity index (χ0v) is 18.2. The molecule has 1 aromatic rings. The maximum absolute atomic E-state index is 12.4. The second-order valence-electron chi connectivity index (χ2n) is 8.48. The molecule has 0 spiro atoms. The third-order valence-electron chi connectivity index (χ3n) is 6.32. The summed E-state index contributed by atoms with van der Waals surface area (Å²) in [4.78, 5) is 28.8. The molecule has 3 amide bonds. The van der Waals surface area contributed by atoms with Crippen LogP contribution >= 0.6 is 0 Å². The van der Waals surface area contributed by atoms with Crippen LogP contribution in [0.15, 0.2) is 30.3 Å². The van der Waals surface area contributed by atoms with Crippen LogP contribution in [-0.4, -0.2) is 73.7 Å². The molecular weight excluding hydrogens is 380 g/mol. The van der Waals surface area contributed by atoms with Crippen LogP contribution in [0.3, 0.4) is 0 Å². The molecule has 0 aromatic heterocycles. The molecule has 0 unspecified atom stereocenters. The Balaban J connectivity index is 1.39. The topological polar surface area (TPSA) is 73.9 Å². The van der Waals surface area contributed by atoms with Gasteiger partial charge in [0.15, 0.2) is 0 Å². The van der Waals surface area contributed by atoms with Gasteiger partial charge in [-0.3, -0.25) is 9.69 Å². The Morgan fingerprint density at radius 1 is 1.07 bits per heavy atom. The zero-order valence-electron chi connectivity index (χ0n) is 18.2. The fourth-order valence-electron chi connectivity index (χ4n) is 4.55. The lowest BCUT2D eigenvalue weighted by molar-refractivity contribution is -0.122. The van der Waals surface area contributed by atoms with E-state index in [4.69, 9.17) is 4.74 Å². The van der Waals surface area contributed by atoms with E-state index in [-0.39, 0.29) is 17.5 Å². The van der Waals surface area contributed by atoms with Crippen LogP contribution in [0.4, 0.5) is 4.79 Å². The van der Waals surface area contributed by atoms with Gasteiger partial charge in [0.05, 0.1) is 13.2 Å². The van der Waals surface area contributed by atoms with Crippen LogP contribution in [-0.2, 0) is 16.1 Å². The van der Waals surface area contributed by atoms with Crippen LogP contribution in [0.25, 0.3) is 0 Å². The van der Waals surface area contributed by atoms with Gasteiger partial charge in [-0.1, -0.05) is 49.6 Å². The van der Waals surface area contributed by atoms with E-state index in [9.17, 15) is 9.59 Å². The van der Waals surface area contributed by atoms with E-state index in [1.165, 1.54) is 19.3 Å². The largest absolute Gasteiger partial charge is 0.379 e. The minimum absolute atomic E-state index is 0.000722. The smallest absolute Gasteiger partial charge is 0.317 e. The van der Waals surface area contributed by atoms with E-state index in [1.807, 2.05) is 30.3 Å². The van der Waals surface area contributed by atoms with Gasteiger partial charge in [-0.15, -0.1) is 0 Å². The summed E-state index contributed by atoms with van der Waals surface area (Å²) in [5.41, 5.74) is 1.14. The highest BCUT2D eigenvalue weighted by atomic mass is 16.5. The average Bonchev–Trinajstić information content (AvgIpc) is 2.79. The van der Waals surface area contributed by atoms with Gasteiger partial charge >= 0.3 is 6.03 Å². The van der Waals surface area contributed by atoms with Crippen LogP contribution in [0.2, 0.25) is 0 Å². The van der Waals surface area contributed by atoms with E-state index in [2.05, 4.69) is 15.5 Å². The van der Waals surface area contributed by atoms with Crippen molar-refractivity contribution < 1.29 is 14.3 Å². The van der Waals surface area contributed by atoms with Crippen LogP contribution in [0, 0.1) is 0 Å². The summed E-state index contributed by atoms with van der Waals surface area (Å²) in [7, 11) is 1.76. The van der Waals surface area contributed by atoms with Crippen molar-refractivity contribution in [3.8, 4) is 0 Å². The van der Waals surface area contributed by atoms with Crippen molar-refractivity contribution in [3.05, 3.63) is 35.9 Å². The molecule has 2 fully saturated rings. The number of nitrogens with one attached hydrogen (secondary N) is 2. The molecule has 1 aromatic carbocycles. The number of carbonyl (C=O) groups excluding carboxylic acids is 2. The Labute approximate surface area is 180 Å². The molecule has 1 heterocycles. The number of amides is 3. The standard InChI is InChI=1S/C23H36N4O3/c1-26(18-20-8-4-2-5-9-20)22(29)24-13-10-21(28)25-19-23(11-6-3-7-12-23)27-14-16-30-17-15-27/h2,4-5,8-9H,3,6-7,10-19H2,1H3,(H,24,29)(H,25,28). The second kappa shape index (κ2) is 11.3. The lowest BCUT2D eigenvalue weighted by Crippen LogP contribution is -2.59. The highest BCUT2D eigenvalue weighted by molar-refractivity contribution is 5.78. The molecule has 0 bridgehead atoms. The molecule has 1 aliphatic heterocycles. The molecule has 1 aliphatic carbocycles. The predicted molar refractivity (Wildman–Crippen MR) is 117 cm³/mol.